The molecule has 2 saturated heterocycles. The smallest absolute Gasteiger partial charge is 0.193 e. The van der Waals surface area contributed by atoms with Gasteiger partial charge in [-0.1, -0.05) is 6.07 Å². The molecule has 0 spiro atoms. The van der Waals surface area contributed by atoms with E-state index in [9.17, 15) is 0 Å². The first-order chi connectivity index (χ1) is 14.2. The molecule has 166 valence electrons. The maximum Gasteiger partial charge on any atom is 0.193 e. The summed E-state index contributed by atoms with van der Waals surface area (Å²) in [5.74, 6) is 1.56. The molecule has 4 rings (SSSR count). The van der Waals surface area contributed by atoms with Gasteiger partial charge in [0.2, 0.25) is 0 Å². The van der Waals surface area contributed by atoms with Crippen molar-refractivity contribution in [2.75, 3.05) is 46.9 Å². The van der Waals surface area contributed by atoms with E-state index in [-0.39, 0.29) is 30.1 Å². The zero-order chi connectivity index (χ0) is 20.2. The summed E-state index contributed by atoms with van der Waals surface area (Å²) in [4.78, 5) is 10.9. The number of aromatic nitrogens is 2. The summed E-state index contributed by atoms with van der Waals surface area (Å²) >= 11 is 1.87. The van der Waals surface area contributed by atoms with Gasteiger partial charge in [0.25, 0.3) is 0 Å². The molecule has 2 aliphatic heterocycles. The van der Waals surface area contributed by atoms with Gasteiger partial charge < -0.3 is 15.0 Å². The monoisotopic (exact) mass is 544 g/mol. The first kappa shape index (κ1) is 23.5. The minimum absolute atomic E-state index is 0. The van der Waals surface area contributed by atoms with Crippen LogP contribution in [0.4, 0.5) is 0 Å². The summed E-state index contributed by atoms with van der Waals surface area (Å²) < 4.78 is 7.82. The van der Waals surface area contributed by atoms with Gasteiger partial charge in [-0.3, -0.25) is 14.6 Å². The van der Waals surface area contributed by atoms with Crippen molar-refractivity contribution in [2.45, 2.75) is 25.0 Å². The van der Waals surface area contributed by atoms with Crippen molar-refractivity contribution in [3.05, 3.63) is 40.3 Å². The minimum Gasteiger partial charge on any atom is -0.370 e. The lowest BCUT2D eigenvalue weighted by Crippen LogP contribution is -2.50. The molecule has 2 fully saturated rings. The highest BCUT2D eigenvalue weighted by Crippen LogP contribution is 2.36. The number of hydrogen-bond donors (Lipinski definition) is 1. The number of hydrogen-bond acceptors (Lipinski definition) is 5. The van der Waals surface area contributed by atoms with Crippen LogP contribution < -0.4 is 5.32 Å². The Morgan fingerprint density at radius 3 is 2.93 bits per heavy atom. The zero-order valence-electron chi connectivity index (χ0n) is 18.0. The van der Waals surface area contributed by atoms with Crippen molar-refractivity contribution in [1.82, 2.24) is 24.9 Å². The van der Waals surface area contributed by atoms with Crippen LogP contribution in [0.25, 0.3) is 0 Å². The molecule has 2 aliphatic rings. The normalized spacial score (nSPS) is 25.8. The number of thiophene rings is 1. The second-order valence-corrected chi connectivity index (χ2v) is 9.00. The molecule has 9 heteroatoms. The Kier molecular flexibility index (Phi) is 8.55. The highest BCUT2D eigenvalue weighted by molar-refractivity contribution is 14.0. The average molecular weight is 545 g/mol. The van der Waals surface area contributed by atoms with Crippen molar-refractivity contribution in [2.24, 2.45) is 18.0 Å². The number of aliphatic imine (C=N–C) groups is 1. The fourth-order valence-corrected chi connectivity index (χ4v) is 5.57. The fourth-order valence-electron chi connectivity index (χ4n) is 4.59. The van der Waals surface area contributed by atoms with E-state index in [1.165, 1.54) is 24.3 Å². The first-order valence-electron chi connectivity index (χ1n) is 10.4. The number of rotatable bonds is 4. The van der Waals surface area contributed by atoms with Crippen molar-refractivity contribution in [1.29, 1.82) is 0 Å². The molecule has 30 heavy (non-hydrogen) atoms. The Morgan fingerprint density at radius 2 is 2.23 bits per heavy atom. The number of ether oxygens (including phenoxy) is 1. The van der Waals surface area contributed by atoms with Crippen molar-refractivity contribution >= 4 is 41.3 Å². The molecule has 1 N–H and O–H groups in total. The van der Waals surface area contributed by atoms with Crippen molar-refractivity contribution < 1.29 is 4.74 Å². The maximum atomic E-state index is 5.99. The van der Waals surface area contributed by atoms with E-state index < -0.39 is 0 Å². The van der Waals surface area contributed by atoms with Crippen LogP contribution in [-0.2, 0) is 11.8 Å². The van der Waals surface area contributed by atoms with E-state index in [0.717, 1.165) is 31.2 Å². The lowest BCUT2D eigenvalue weighted by Gasteiger charge is -2.40. The number of nitrogens with zero attached hydrogens (tertiary/aromatic N) is 5. The summed E-state index contributed by atoms with van der Waals surface area (Å²) in [5, 5.41) is 10.2. The van der Waals surface area contributed by atoms with Crippen LogP contribution in [-0.4, -0.2) is 72.4 Å². The number of aryl methyl sites for hydroxylation is 1. The lowest BCUT2D eigenvalue weighted by atomic mass is 9.88. The quantitative estimate of drug-likeness (QED) is 0.364. The predicted molar refractivity (Wildman–Crippen MR) is 133 cm³/mol. The van der Waals surface area contributed by atoms with Crippen LogP contribution >= 0.6 is 35.3 Å². The fraction of sp³-hybridized carbons (Fsp3) is 0.619. The van der Waals surface area contributed by atoms with Gasteiger partial charge in [-0.25, -0.2) is 0 Å². The number of halogens is 1. The highest BCUT2D eigenvalue weighted by Gasteiger charge is 2.32. The summed E-state index contributed by atoms with van der Waals surface area (Å²) in [6, 6.07) is 4.93. The van der Waals surface area contributed by atoms with E-state index in [1.54, 1.807) is 0 Å². The van der Waals surface area contributed by atoms with Crippen LogP contribution in [0.15, 0.2) is 34.9 Å². The van der Waals surface area contributed by atoms with E-state index >= 15 is 0 Å². The average Bonchev–Trinajstić information content (AvgIpc) is 3.41. The standard InChI is InChI=1S/C21H32N6OS.HI/c1-22-21(27-9-10-28-18(15-27)17-13-24-26(3)14-17)23-12-16-6-4-8-25(2)20(16)19-7-5-11-29-19;/h5,7,11,13-14,16,18,20H,4,6,8-10,12,15H2,1-3H3,(H,22,23);1H. The van der Waals surface area contributed by atoms with E-state index in [1.807, 2.05) is 42.5 Å². The molecular formula is C21H33IN6OS. The summed E-state index contributed by atoms with van der Waals surface area (Å²) in [5.41, 5.74) is 1.12. The van der Waals surface area contributed by atoms with Gasteiger partial charge in [-0.05, 0) is 43.8 Å². The topological polar surface area (TPSA) is 57.9 Å². The third-order valence-corrected chi connectivity index (χ3v) is 6.98. The van der Waals surface area contributed by atoms with Gasteiger partial charge in [0.15, 0.2) is 5.96 Å². The molecule has 2 aromatic heterocycles. The molecule has 0 aromatic carbocycles. The van der Waals surface area contributed by atoms with E-state index in [0.29, 0.717) is 18.6 Å². The molecule has 7 nitrogen and oxygen atoms in total. The van der Waals surface area contributed by atoms with Crippen LogP contribution in [0.3, 0.4) is 0 Å². The van der Waals surface area contributed by atoms with Crippen LogP contribution in [0, 0.1) is 5.92 Å². The first-order valence-corrected chi connectivity index (χ1v) is 11.3. The van der Waals surface area contributed by atoms with E-state index in [2.05, 4.69) is 49.8 Å². The van der Waals surface area contributed by atoms with Crippen molar-refractivity contribution in [3.63, 3.8) is 0 Å². The van der Waals surface area contributed by atoms with Gasteiger partial charge in [0.1, 0.15) is 6.10 Å². The molecule has 0 amide bonds. The Labute approximate surface area is 200 Å². The molecule has 0 saturated carbocycles. The predicted octanol–water partition coefficient (Wildman–Crippen LogP) is 3.13. The van der Waals surface area contributed by atoms with Gasteiger partial charge in [-0.2, -0.15) is 5.10 Å². The molecular weight excluding hydrogens is 511 g/mol. The summed E-state index contributed by atoms with van der Waals surface area (Å²) in [6.45, 7) is 4.46. The molecule has 0 bridgehead atoms. The van der Waals surface area contributed by atoms with Gasteiger partial charge in [0.05, 0.1) is 19.3 Å². The Morgan fingerprint density at radius 1 is 1.37 bits per heavy atom. The van der Waals surface area contributed by atoms with Crippen LogP contribution in [0.5, 0.6) is 0 Å². The van der Waals surface area contributed by atoms with Gasteiger partial charge in [0, 0.05) is 49.9 Å². The lowest BCUT2D eigenvalue weighted by molar-refractivity contribution is -0.00821. The maximum absolute atomic E-state index is 5.99. The Balaban J connectivity index is 0.00000256. The number of morpholine rings is 1. The third kappa shape index (κ3) is 5.35. The Hall–Kier alpha value is -1.17. The largest absolute Gasteiger partial charge is 0.370 e. The highest BCUT2D eigenvalue weighted by atomic mass is 127. The Bertz CT molecular complexity index is 810. The van der Waals surface area contributed by atoms with Crippen LogP contribution in [0.1, 0.15) is 35.4 Å². The zero-order valence-corrected chi connectivity index (χ0v) is 21.2. The van der Waals surface area contributed by atoms with Gasteiger partial charge in [-0.15, -0.1) is 35.3 Å². The third-order valence-electron chi connectivity index (χ3n) is 6.04. The van der Waals surface area contributed by atoms with Crippen LogP contribution in [0.2, 0.25) is 0 Å². The molecule has 3 atom stereocenters. The van der Waals surface area contributed by atoms with E-state index in [4.69, 9.17) is 4.74 Å². The second-order valence-electron chi connectivity index (χ2n) is 8.02. The molecule has 3 unspecified atom stereocenters. The number of piperidine rings is 1. The summed E-state index contributed by atoms with van der Waals surface area (Å²) in [6.07, 6.45) is 6.47. The SMILES string of the molecule is CN=C(NCC1CCCN(C)C1c1cccs1)N1CCOC(c2cnn(C)c2)C1.I. The number of likely N-dealkylation sites (tertiary alicyclic amines) is 1. The second kappa shape index (κ2) is 10.9. The molecule has 0 radical (unpaired) electrons. The molecule has 0 aliphatic carbocycles. The molecule has 2 aromatic rings. The van der Waals surface area contributed by atoms with Gasteiger partial charge >= 0.3 is 0 Å². The molecule has 4 heterocycles. The minimum atomic E-state index is 0. The van der Waals surface area contributed by atoms with Crippen molar-refractivity contribution in [3.8, 4) is 0 Å². The number of nitrogens with one attached hydrogen (secondary N) is 1. The summed E-state index contributed by atoms with van der Waals surface area (Å²) in [7, 11) is 6.07. The number of guanidine groups is 1.